The van der Waals surface area contributed by atoms with Crippen LogP contribution in [-0.2, 0) is 4.74 Å². The Balaban J connectivity index is -0.000000125. The summed E-state index contributed by atoms with van der Waals surface area (Å²) >= 11 is 0. The van der Waals surface area contributed by atoms with Crippen molar-refractivity contribution in [2.24, 2.45) is 5.73 Å². The molecule has 0 aromatic heterocycles. The largest absolute Gasteiger partial charge is 0.450 e. The van der Waals surface area contributed by atoms with Crippen LogP contribution in [0, 0.1) is 0 Å². The van der Waals surface area contributed by atoms with Crippen molar-refractivity contribution in [2.45, 2.75) is 6.92 Å². The third-order valence-corrected chi connectivity index (χ3v) is 0.287. The van der Waals surface area contributed by atoms with E-state index >= 15 is 0 Å². The number of halogens is 1. The monoisotopic (exact) mass is 142 g/mol. The maximum atomic E-state index is 9.60. The summed E-state index contributed by atoms with van der Waals surface area (Å²) in [6, 6.07) is 0. The summed E-state index contributed by atoms with van der Waals surface area (Å²) in [7, 11) is 0. The number of carbonyl (C=O) groups is 1. The zero-order valence-corrected chi connectivity index (χ0v) is 5.53. The molecular formula is C3H11ClN2O2. The molecular weight excluding hydrogens is 131 g/mol. The summed E-state index contributed by atoms with van der Waals surface area (Å²) in [5.41, 5.74) is 4.54. The van der Waals surface area contributed by atoms with E-state index in [-0.39, 0.29) is 18.6 Å². The average molecular weight is 143 g/mol. The normalized spacial score (nSPS) is 5.62. The molecule has 0 spiro atoms. The molecule has 0 saturated carbocycles. The van der Waals surface area contributed by atoms with Gasteiger partial charge in [-0.15, -0.1) is 12.4 Å². The molecule has 0 aliphatic heterocycles. The van der Waals surface area contributed by atoms with Crippen molar-refractivity contribution < 1.29 is 9.53 Å². The van der Waals surface area contributed by atoms with E-state index in [4.69, 9.17) is 0 Å². The minimum absolute atomic E-state index is 0. The van der Waals surface area contributed by atoms with Crippen molar-refractivity contribution in [3.63, 3.8) is 0 Å². The quantitative estimate of drug-likeness (QED) is 0.565. The zero-order chi connectivity index (χ0) is 4.99. The molecule has 0 atom stereocenters. The predicted molar refractivity (Wildman–Crippen MR) is 33.5 cm³/mol. The fourth-order valence-electron chi connectivity index (χ4n) is 0.142. The highest BCUT2D eigenvalue weighted by atomic mass is 35.5. The lowest BCUT2D eigenvalue weighted by Gasteiger charge is -1.89. The molecule has 0 aliphatic carbocycles. The minimum atomic E-state index is -0.711. The molecule has 0 heterocycles. The first-order chi connectivity index (χ1) is 2.77. The number of carbonyl (C=O) groups excluding carboxylic acids is 1. The van der Waals surface area contributed by atoms with Gasteiger partial charge in [-0.25, -0.2) is 4.79 Å². The van der Waals surface area contributed by atoms with Crippen molar-refractivity contribution in [1.82, 2.24) is 6.15 Å². The Bertz CT molecular complexity index is 59.2. The van der Waals surface area contributed by atoms with E-state index in [1.54, 1.807) is 6.92 Å². The second kappa shape index (κ2) is 9.72. The van der Waals surface area contributed by atoms with Gasteiger partial charge in [-0.1, -0.05) is 0 Å². The number of rotatable bonds is 1. The summed E-state index contributed by atoms with van der Waals surface area (Å²) in [6.07, 6.45) is -0.711. The average Bonchev–Trinajstić information content (AvgIpc) is 1.35. The Hall–Kier alpha value is -0.480. The van der Waals surface area contributed by atoms with E-state index in [0.29, 0.717) is 6.61 Å². The van der Waals surface area contributed by atoms with E-state index in [2.05, 4.69) is 10.5 Å². The van der Waals surface area contributed by atoms with Gasteiger partial charge in [-0.3, -0.25) is 0 Å². The molecule has 0 fully saturated rings. The molecule has 0 unspecified atom stereocenters. The molecule has 4 nitrogen and oxygen atoms in total. The van der Waals surface area contributed by atoms with E-state index in [0.717, 1.165) is 0 Å². The van der Waals surface area contributed by atoms with Gasteiger partial charge < -0.3 is 16.6 Å². The highest BCUT2D eigenvalue weighted by Crippen LogP contribution is 1.66. The number of nitrogens with two attached hydrogens (primary N) is 1. The maximum Gasteiger partial charge on any atom is 0.404 e. The Morgan fingerprint density at radius 2 is 2.12 bits per heavy atom. The van der Waals surface area contributed by atoms with Crippen LogP contribution in [0.3, 0.4) is 0 Å². The molecule has 0 aliphatic rings. The van der Waals surface area contributed by atoms with Gasteiger partial charge in [0, 0.05) is 0 Å². The van der Waals surface area contributed by atoms with Crippen LogP contribution in [0.25, 0.3) is 0 Å². The Labute approximate surface area is 54.4 Å². The highest BCUT2D eigenvalue weighted by Gasteiger charge is 1.82. The van der Waals surface area contributed by atoms with Crippen LogP contribution < -0.4 is 11.9 Å². The molecule has 5 heteroatoms. The molecule has 0 radical (unpaired) electrons. The standard InChI is InChI=1S/C3H7NO2.ClH.H3N/c1-2-6-3(4)5;;/h2H2,1H3,(H2,4,5);1H;1H3. The van der Waals surface area contributed by atoms with E-state index in [1.165, 1.54) is 0 Å². The van der Waals surface area contributed by atoms with Crippen LogP contribution in [-0.4, -0.2) is 12.7 Å². The van der Waals surface area contributed by atoms with Crippen LogP contribution in [0.1, 0.15) is 6.92 Å². The lowest BCUT2D eigenvalue weighted by molar-refractivity contribution is 0.163. The summed E-state index contributed by atoms with van der Waals surface area (Å²) in [5.74, 6) is 0. The number of hydrogen-bond acceptors (Lipinski definition) is 3. The Morgan fingerprint density at radius 3 is 2.12 bits per heavy atom. The second-order valence-corrected chi connectivity index (χ2v) is 0.752. The van der Waals surface area contributed by atoms with Crippen LogP contribution in [0.4, 0.5) is 4.79 Å². The molecule has 0 bridgehead atoms. The van der Waals surface area contributed by atoms with Crippen molar-refractivity contribution >= 4 is 18.5 Å². The first-order valence-corrected chi connectivity index (χ1v) is 1.69. The van der Waals surface area contributed by atoms with E-state index in [9.17, 15) is 4.79 Å². The molecule has 0 aromatic rings. The molecule has 0 aromatic carbocycles. The van der Waals surface area contributed by atoms with E-state index in [1.807, 2.05) is 0 Å². The lowest BCUT2D eigenvalue weighted by atomic mass is 10.9. The fourth-order valence-corrected chi connectivity index (χ4v) is 0.142. The number of primary amides is 1. The zero-order valence-electron chi connectivity index (χ0n) is 4.72. The number of ether oxygens (including phenoxy) is 1. The third-order valence-electron chi connectivity index (χ3n) is 0.287. The van der Waals surface area contributed by atoms with Gasteiger partial charge in [0.15, 0.2) is 0 Å². The van der Waals surface area contributed by atoms with Crippen molar-refractivity contribution in [2.75, 3.05) is 6.61 Å². The van der Waals surface area contributed by atoms with Gasteiger partial charge in [0.05, 0.1) is 6.61 Å². The van der Waals surface area contributed by atoms with Crippen LogP contribution in [0.2, 0.25) is 0 Å². The molecule has 0 saturated heterocycles. The summed E-state index contributed by atoms with van der Waals surface area (Å²) < 4.78 is 4.18. The van der Waals surface area contributed by atoms with Crippen molar-refractivity contribution in [1.29, 1.82) is 0 Å². The van der Waals surface area contributed by atoms with Crippen molar-refractivity contribution in [3.05, 3.63) is 0 Å². The van der Waals surface area contributed by atoms with Gasteiger partial charge >= 0.3 is 6.09 Å². The maximum absolute atomic E-state index is 9.60. The van der Waals surface area contributed by atoms with Gasteiger partial charge in [0.2, 0.25) is 0 Å². The predicted octanol–water partition coefficient (Wildman–Crippen LogP) is 0.685. The van der Waals surface area contributed by atoms with Crippen LogP contribution in [0.5, 0.6) is 0 Å². The fraction of sp³-hybridized carbons (Fsp3) is 0.667. The minimum Gasteiger partial charge on any atom is -0.450 e. The number of hydrogen-bond donors (Lipinski definition) is 2. The Kier molecular flexibility index (Phi) is 19.0. The first-order valence-electron chi connectivity index (χ1n) is 1.69. The SMILES string of the molecule is CCOC(N)=O.Cl.N. The van der Waals surface area contributed by atoms with E-state index < -0.39 is 6.09 Å². The number of amides is 1. The van der Waals surface area contributed by atoms with Crippen molar-refractivity contribution in [3.8, 4) is 0 Å². The molecule has 1 amide bonds. The first kappa shape index (κ1) is 15.6. The molecule has 8 heavy (non-hydrogen) atoms. The van der Waals surface area contributed by atoms with Crippen LogP contribution >= 0.6 is 12.4 Å². The second-order valence-electron chi connectivity index (χ2n) is 0.752. The molecule has 5 N–H and O–H groups in total. The van der Waals surface area contributed by atoms with Gasteiger partial charge in [-0.2, -0.15) is 0 Å². The summed E-state index contributed by atoms with van der Waals surface area (Å²) in [4.78, 5) is 9.60. The summed E-state index contributed by atoms with van der Waals surface area (Å²) in [6.45, 7) is 2.06. The smallest absolute Gasteiger partial charge is 0.404 e. The van der Waals surface area contributed by atoms with Gasteiger partial charge in [-0.05, 0) is 6.92 Å². The van der Waals surface area contributed by atoms with Crippen LogP contribution in [0.15, 0.2) is 0 Å². The Morgan fingerprint density at radius 1 is 1.75 bits per heavy atom. The highest BCUT2D eigenvalue weighted by molar-refractivity contribution is 5.85. The van der Waals surface area contributed by atoms with Gasteiger partial charge in [0.1, 0.15) is 0 Å². The topological polar surface area (TPSA) is 87.3 Å². The summed E-state index contributed by atoms with van der Waals surface area (Å²) in [5, 5.41) is 0. The van der Waals surface area contributed by atoms with Gasteiger partial charge in [0.25, 0.3) is 0 Å². The molecule has 0 rings (SSSR count). The molecule has 52 valence electrons. The lowest BCUT2D eigenvalue weighted by Crippen LogP contribution is -2.11. The third kappa shape index (κ3) is 17.8.